The Morgan fingerprint density at radius 3 is 2.38 bits per heavy atom. The highest BCUT2D eigenvalue weighted by molar-refractivity contribution is 9.11. The fourth-order valence-corrected chi connectivity index (χ4v) is 4.20. The van der Waals surface area contributed by atoms with Crippen molar-refractivity contribution in [3.63, 3.8) is 0 Å². The van der Waals surface area contributed by atoms with Crippen LogP contribution in [0.5, 0.6) is 0 Å². The average Bonchev–Trinajstić information content (AvgIpc) is 3.32. The number of benzene rings is 1. The quantitative estimate of drug-likeness (QED) is 0.641. The third kappa shape index (κ3) is 4.94. The summed E-state index contributed by atoms with van der Waals surface area (Å²) < 4.78 is 0.847. The number of thiophene rings is 1. The molecule has 1 aromatic carbocycles. The van der Waals surface area contributed by atoms with E-state index in [2.05, 4.69) is 26.6 Å². The van der Waals surface area contributed by atoms with Gasteiger partial charge in [0.15, 0.2) is 0 Å². The minimum absolute atomic E-state index is 0.0277. The molecule has 0 aliphatic carbocycles. The molecule has 3 rings (SSSR count). The third-order valence-electron chi connectivity index (χ3n) is 4.61. The fourth-order valence-electron chi connectivity index (χ4n) is 2.92. The SMILES string of the molecule is Cc1cc(NC(=O)C(C)(C)NC(=O)c2ccc(Br)s2)ccc1C(=O)N1CC=CC1. The van der Waals surface area contributed by atoms with Crippen molar-refractivity contribution in [2.24, 2.45) is 0 Å². The molecule has 0 spiro atoms. The first-order valence-electron chi connectivity index (χ1n) is 9.11. The van der Waals surface area contributed by atoms with Gasteiger partial charge in [0.05, 0.1) is 8.66 Å². The van der Waals surface area contributed by atoms with Gasteiger partial charge in [-0.25, -0.2) is 0 Å². The van der Waals surface area contributed by atoms with Crippen molar-refractivity contribution in [1.82, 2.24) is 10.2 Å². The molecule has 29 heavy (non-hydrogen) atoms. The van der Waals surface area contributed by atoms with Gasteiger partial charge in [0.2, 0.25) is 5.91 Å². The number of nitrogens with zero attached hydrogens (tertiary/aromatic N) is 1. The molecule has 0 radical (unpaired) electrons. The number of carbonyl (C=O) groups is 3. The van der Waals surface area contributed by atoms with Gasteiger partial charge in [-0.2, -0.15) is 0 Å². The number of hydrogen-bond acceptors (Lipinski definition) is 4. The van der Waals surface area contributed by atoms with E-state index in [1.54, 1.807) is 49.1 Å². The lowest BCUT2D eigenvalue weighted by atomic mass is 10.0. The summed E-state index contributed by atoms with van der Waals surface area (Å²) in [5, 5.41) is 5.58. The second-order valence-corrected chi connectivity index (χ2v) is 9.81. The topological polar surface area (TPSA) is 78.5 Å². The molecule has 2 N–H and O–H groups in total. The highest BCUT2D eigenvalue weighted by Crippen LogP contribution is 2.23. The molecular formula is C21H22BrN3O3S. The average molecular weight is 476 g/mol. The first-order chi connectivity index (χ1) is 13.7. The largest absolute Gasteiger partial charge is 0.337 e. The third-order valence-corrected chi connectivity index (χ3v) is 6.23. The molecule has 1 aliphatic rings. The fraction of sp³-hybridized carbons (Fsp3) is 0.286. The Morgan fingerprint density at radius 1 is 1.10 bits per heavy atom. The Labute approximate surface area is 182 Å². The monoisotopic (exact) mass is 475 g/mol. The zero-order chi connectivity index (χ0) is 21.2. The van der Waals surface area contributed by atoms with E-state index in [1.165, 1.54) is 11.3 Å². The standard InChI is InChI=1S/C21H22BrN3O3S/c1-13-12-14(6-7-15(13)19(27)25-10-4-5-11-25)23-20(28)21(2,3)24-18(26)16-8-9-17(22)29-16/h4-9,12H,10-11H2,1-3H3,(H,23,28)(H,24,26). The minimum Gasteiger partial charge on any atom is -0.337 e. The summed E-state index contributed by atoms with van der Waals surface area (Å²) in [5.41, 5.74) is 0.856. The first-order valence-corrected chi connectivity index (χ1v) is 10.7. The molecule has 6 nitrogen and oxygen atoms in total. The zero-order valence-electron chi connectivity index (χ0n) is 16.4. The van der Waals surface area contributed by atoms with Gasteiger partial charge in [0.1, 0.15) is 5.54 Å². The molecule has 3 amide bonds. The van der Waals surface area contributed by atoms with Crippen molar-refractivity contribution in [2.75, 3.05) is 18.4 Å². The van der Waals surface area contributed by atoms with E-state index in [9.17, 15) is 14.4 Å². The maximum atomic E-state index is 12.7. The molecule has 8 heteroatoms. The molecule has 0 bridgehead atoms. The Morgan fingerprint density at radius 2 is 1.79 bits per heavy atom. The molecule has 0 saturated heterocycles. The Bertz CT molecular complexity index is 989. The van der Waals surface area contributed by atoms with Gasteiger partial charge < -0.3 is 15.5 Å². The summed E-state index contributed by atoms with van der Waals surface area (Å²) in [6.45, 7) is 6.37. The number of halogens is 1. The van der Waals surface area contributed by atoms with Crippen molar-refractivity contribution < 1.29 is 14.4 Å². The maximum absolute atomic E-state index is 12.7. The lowest BCUT2D eigenvalue weighted by Crippen LogP contribution is -2.52. The molecule has 0 fully saturated rings. The van der Waals surface area contributed by atoms with E-state index in [0.29, 0.717) is 29.2 Å². The molecule has 0 saturated carbocycles. The zero-order valence-corrected chi connectivity index (χ0v) is 18.8. The van der Waals surface area contributed by atoms with Gasteiger partial charge in [-0.1, -0.05) is 12.2 Å². The van der Waals surface area contributed by atoms with Gasteiger partial charge in [0.25, 0.3) is 11.8 Å². The van der Waals surface area contributed by atoms with Crippen LogP contribution in [0, 0.1) is 6.92 Å². The van der Waals surface area contributed by atoms with Gasteiger partial charge in [-0.15, -0.1) is 11.3 Å². The van der Waals surface area contributed by atoms with E-state index >= 15 is 0 Å². The number of aryl methyl sites for hydroxylation is 1. The predicted octanol–water partition coefficient (Wildman–Crippen LogP) is 3.98. The van der Waals surface area contributed by atoms with Crippen LogP contribution in [0.25, 0.3) is 0 Å². The smallest absolute Gasteiger partial charge is 0.262 e. The summed E-state index contributed by atoms with van der Waals surface area (Å²) in [6.07, 6.45) is 3.93. The van der Waals surface area contributed by atoms with Crippen molar-refractivity contribution >= 4 is 50.7 Å². The van der Waals surface area contributed by atoms with Crippen molar-refractivity contribution in [2.45, 2.75) is 26.3 Å². The van der Waals surface area contributed by atoms with E-state index < -0.39 is 5.54 Å². The second-order valence-electron chi connectivity index (χ2n) is 7.35. The van der Waals surface area contributed by atoms with Crippen LogP contribution >= 0.6 is 27.3 Å². The van der Waals surface area contributed by atoms with Crippen LogP contribution in [0.4, 0.5) is 5.69 Å². The summed E-state index contributed by atoms with van der Waals surface area (Å²) in [4.78, 5) is 40.0. The van der Waals surface area contributed by atoms with Crippen molar-refractivity contribution in [3.05, 3.63) is 62.3 Å². The Hall–Kier alpha value is -2.45. The molecule has 152 valence electrons. The summed E-state index contributed by atoms with van der Waals surface area (Å²) in [6, 6.07) is 8.68. The first kappa shape index (κ1) is 21.3. The van der Waals surface area contributed by atoms with Gasteiger partial charge in [0, 0.05) is 24.3 Å². The molecule has 0 unspecified atom stereocenters. The minimum atomic E-state index is -1.11. The summed E-state index contributed by atoms with van der Waals surface area (Å²) >= 11 is 4.63. The van der Waals surface area contributed by atoms with E-state index in [1.807, 2.05) is 19.1 Å². The molecule has 2 aromatic rings. The molecular weight excluding hydrogens is 454 g/mol. The normalized spacial score (nSPS) is 13.4. The van der Waals surface area contributed by atoms with Crippen LogP contribution in [0.1, 0.15) is 39.4 Å². The van der Waals surface area contributed by atoms with E-state index in [4.69, 9.17) is 0 Å². The number of hydrogen-bond donors (Lipinski definition) is 2. The van der Waals surface area contributed by atoms with Crippen LogP contribution in [-0.2, 0) is 4.79 Å². The van der Waals surface area contributed by atoms with Gasteiger partial charge >= 0.3 is 0 Å². The number of amides is 3. The lowest BCUT2D eigenvalue weighted by molar-refractivity contribution is -0.120. The molecule has 0 atom stereocenters. The highest BCUT2D eigenvalue weighted by Gasteiger charge is 2.30. The molecule has 2 heterocycles. The maximum Gasteiger partial charge on any atom is 0.262 e. The number of carbonyl (C=O) groups excluding carboxylic acids is 3. The van der Waals surface area contributed by atoms with Crippen molar-refractivity contribution in [3.8, 4) is 0 Å². The number of anilines is 1. The molecule has 1 aliphatic heterocycles. The van der Waals surface area contributed by atoms with Gasteiger partial charge in [-0.05, 0) is 72.6 Å². The Balaban J connectivity index is 1.66. The highest BCUT2D eigenvalue weighted by atomic mass is 79.9. The lowest BCUT2D eigenvalue weighted by Gasteiger charge is -2.25. The van der Waals surface area contributed by atoms with Crippen molar-refractivity contribution in [1.29, 1.82) is 0 Å². The van der Waals surface area contributed by atoms with Crippen LogP contribution in [0.3, 0.4) is 0 Å². The predicted molar refractivity (Wildman–Crippen MR) is 118 cm³/mol. The number of nitrogens with one attached hydrogen (secondary N) is 2. The summed E-state index contributed by atoms with van der Waals surface area (Å²) in [7, 11) is 0. The number of rotatable bonds is 5. The van der Waals surface area contributed by atoms with E-state index in [-0.39, 0.29) is 17.7 Å². The van der Waals surface area contributed by atoms with Crippen LogP contribution < -0.4 is 10.6 Å². The Kier molecular flexibility index (Phi) is 6.24. The van der Waals surface area contributed by atoms with Crippen LogP contribution in [0.2, 0.25) is 0 Å². The molecule has 1 aromatic heterocycles. The van der Waals surface area contributed by atoms with Crippen LogP contribution in [0.15, 0.2) is 46.3 Å². The van der Waals surface area contributed by atoms with Gasteiger partial charge in [-0.3, -0.25) is 14.4 Å². The van der Waals surface area contributed by atoms with Crippen LogP contribution in [-0.4, -0.2) is 41.2 Å². The van der Waals surface area contributed by atoms with E-state index in [0.717, 1.165) is 9.35 Å². The summed E-state index contributed by atoms with van der Waals surface area (Å²) in [5.74, 6) is -0.680. The second kappa shape index (κ2) is 8.51.